The van der Waals surface area contributed by atoms with Crippen LogP contribution in [0.3, 0.4) is 0 Å². The Morgan fingerprint density at radius 1 is 1.18 bits per heavy atom. The van der Waals surface area contributed by atoms with Gasteiger partial charge in [-0.3, -0.25) is 14.4 Å². The molecule has 8 nitrogen and oxygen atoms in total. The number of carbonyl (C=O) groups excluding carboxylic acids is 1. The molecule has 0 saturated heterocycles. The van der Waals surface area contributed by atoms with Crippen LogP contribution < -0.4 is 14.8 Å². The van der Waals surface area contributed by atoms with Crippen LogP contribution in [0.15, 0.2) is 48.5 Å². The van der Waals surface area contributed by atoms with Crippen molar-refractivity contribution < 1.29 is 19.4 Å². The van der Waals surface area contributed by atoms with E-state index in [0.29, 0.717) is 25.3 Å². The van der Waals surface area contributed by atoms with E-state index in [1.807, 2.05) is 55.5 Å². The fourth-order valence-corrected chi connectivity index (χ4v) is 4.59. The molecule has 0 radical (unpaired) electrons. The van der Waals surface area contributed by atoms with Crippen molar-refractivity contribution in [2.24, 2.45) is 0 Å². The molecule has 1 amide bonds. The van der Waals surface area contributed by atoms with Gasteiger partial charge < -0.3 is 19.9 Å². The highest BCUT2D eigenvalue weighted by Gasteiger charge is 2.29. The topological polar surface area (TPSA) is 88.9 Å². The predicted molar refractivity (Wildman–Crippen MR) is 122 cm³/mol. The van der Waals surface area contributed by atoms with Gasteiger partial charge in [-0.2, -0.15) is 5.10 Å². The average molecular weight is 449 g/mol. The molecule has 1 atom stereocenters. The zero-order chi connectivity index (χ0) is 22.8. The van der Waals surface area contributed by atoms with Crippen molar-refractivity contribution in [3.8, 4) is 11.5 Å². The predicted octanol–water partition coefficient (Wildman–Crippen LogP) is 2.65. The molecule has 0 unspecified atom stereocenters. The summed E-state index contributed by atoms with van der Waals surface area (Å²) in [6, 6.07) is 15.7. The Hall–Kier alpha value is -3.36. The first kappa shape index (κ1) is 21.5. The third-order valence-electron chi connectivity index (χ3n) is 6.26. The summed E-state index contributed by atoms with van der Waals surface area (Å²) in [6.07, 6.45) is 0.760. The number of aliphatic hydroxyl groups is 1. The first-order chi connectivity index (χ1) is 16.1. The number of carbonyl (C=O) groups is 1. The Bertz CT molecular complexity index is 1140. The molecule has 0 saturated carbocycles. The third-order valence-corrected chi connectivity index (χ3v) is 6.26. The Morgan fingerprint density at radius 2 is 2.03 bits per heavy atom. The number of rotatable bonds is 7. The summed E-state index contributed by atoms with van der Waals surface area (Å²) in [5.41, 5.74) is 4.49. The summed E-state index contributed by atoms with van der Waals surface area (Å²) in [5, 5.41) is 17.2. The average Bonchev–Trinajstić information content (AvgIpc) is 3.45. The molecule has 0 bridgehead atoms. The van der Waals surface area contributed by atoms with Crippen LogP contribution in [0.25, 0.3) is 0 Å². The highest BCUT2D eigenvalue weighted by Crippen LogP contribution is 2.36. The summed E-state index contributed by atoms with van der Waals surface area (Å²) in [7, 11) is 0. The van der Waals surface area contributed by atoms with Crippen LogP contribution in [-0.4, -0.2) is 45.6 Å². The van der Waals surface area contributed by atoms with Crippen molar-refractivity contribution in [3.05, 3.63) is 76.6 Å². The maximum absolute atomic E-state index is 13.2. The Balaban J connectivity index is 1.37. The monoisotopic (exact) mass is 448 g/mol. The highest BCUT2D eigenvalue weighted by atomic mass is 16.7. The maximum Gasteiger partial charge on any atom is 0.272 e. The lowest BCUT2D eigenvalue weighted by Gasteiger charge is -2.28. The van der Waals surface area contributed by atoms with E-state index in [0.717, 1.165) is 46.8 Å². The van der Waals surface area contributed by atoms with Crippen molar-refractivity contribution >= 4 is 5.91 Å². The normalized spacial score (nSPS) is 15.8. The van der Waals surface area contributed by atoms with Crippen LogP contribution in [0, 0.1) is 0 Å². The van der Waals surface area contributed by atoms with Crippen molar-refractivity contribution in [2.45, 2.75) is 39.0 Å². The Morgan fingerprint density at radius 3 is 2.85 bits per heavy atom. The minimum absolute atomic E-state index is 0.0210. The number of hydrogen-bond donors (Lipinski definition) is 2. The molecule has 8 heteroatoms. The first-order valence-corrected chi connectivity index (χ1v) is 11.3. The Kier molecular flexibility index (Phi) is 6.02. The van der Waals surface area contributed by atoms with E-state index in [4.69, 9.17) is 9.47 Å². The molecule has 3 heterocycles. The number of para-hydroxylation sites is 1. The first-order valence-electron chi connectivity index (χ1n) is 11.3. The highest BCUT2D eigenvalue weighted by molar-refractivity contribution is 5.94. The second-order valence-corrected chi connectivity index (χ2v) is 8.44. The van der Waals surface area contributed by atoms with E-state index in [2.05, 4.69) is 15.3 Å². The van der Waals surface area contributed by atoms with Crippen LogP contribution in [0.1, 0.15) is 45.8 Å². The lowest BCUT2D eigenvalue weighted by molar-refractivity contribution is 0.0931. The lowest BCUT2D eigenvalue weighted by atomic mass is 10.0. The number of amides is 1. The van der Waals surface area contributed by atoms with Gasteiger partial charge in [-0.1, -0.05) is 42.5 Å². The summed E-state index contributed by atoms with van der Waals surface area (Å²) >= 11 is 0. The van der Waals surface area contributed by atoms with Crippen molar-refractivity contribution in [1.82, 2.24) is 20.0 Å². The lowest BCUT2D eigenvalue weighted by Crippen LogP contribution is -2.33. The number of ether oxygens (including phenoxy) is 2. The molecule has 0 spiro atoms. The van der Waals surface area contributed by atoms with E-state index in [-0.39, 0.29) is 25.3 Å². The van der Waals surface area contributed by atoms with Gasteiger partial charge >= 0.3 is 0 Å². The van der Waals surface area contributed by atoms with Crippen molar-refractivity contribution in [1.29, 1.82) is 0 Å². The molecule has 0 fully saturated rings. The summed E-state index contributed by atoms with van der Waals surface area (Å²) in [6.45, 7) is 4.69. The fourth-order valence-electron chi connectivity index (χ4n) is 4.59. The van der Waals surface area contributed by atoms with Crippen LogP contribution in [0.4, 0.5) is 0 Å². The molecule has 2 aliphatic rings. The van der Waals surface area contributed by atoms with Gasteiger partial charge in [0, 0.05) is 42.9 Å². The maximum atomic E-state index is 13.2. The molecular formula is C25H28N4O4. The van der Waals surface area contributed by atoms with Crippen LogP contribution in [-0.2, 0) is 26.1 Å². The molecule has 172 valence electrons. The molecule has 5 rings (SSSR count). The zero-order valence-corrected chi connectivity index (χ0v) is 18.7. The molecule has 2 N–H and O–H groups in total. The summed E-state index contributed by atoms with van der Waals surface area (Å²) in [5.74, 6) is 1.38. The number of nitrogens with one attached hydrogen (secondary N) is 1. The van der Waals surface area contributed by atoms with Crippen molar-refractivity contribution in [2.75, 3.05) is 19.9 Å². The molecule has 2 aliphatic heterocycles. The SMILES string of the molecule is C[C@@H](NC(=O)c1nn(CCO)c2c1CN(Cc1cccc3c1OCO3)CC2)c1ccccc1. The molecule has 1 aromatic heterocycles. The number of hydrogen-bond acceptors (Lipinski definition) is 6. The Labute approximate surface area is 192 Å². The van der Waals surface area contributed by atoms with Crippen LogP contribution in [0.5, 0.6) is 11.5 Å². The van der Waals surface area contributed by atoms with Gasteiger partial charge in [0.15, 0.2) is 17.2 Å². The molecular weight excluding hydrogens is 420 g/mol. The second kappa shape index (κ2) is 9.25. The van der Waals surface area contributed by atoms with E-state index in [1.165, 1.54) is 0 Å². The van der Waals surface area contributed by atoms with Crippen LogP contribution >= 0.6 is 0 Å². The number of fused-ring (bicyclic) bond motifs is 2. The number of benzene rings is 2. The van der Waals surface area contributed by atoms with Gasteiger partial charge in [0.25, 0.3) is 5.91 Å². The molecule has 2 aromatic carbocycles. The number of aromatic nitrogens is 2. The van der Waals surface area contributed by atoms with Crippen LogP contribution in [0.2, 0.25) is 0 Å². The molecule has 33 heavy (non-hydrogen) atoms. The van der Waals surface area contributed by atoms with E-state index < -0.39 is 0 Å². The van der Waals surface area contributed by atoms with Gasteiger partial charge in [-0.25, -0.2) is 0 Å². The van der Waals surface area contributed by atoms with E-state index in [1.54, 1.807) is 4.68 Å². The quantitative estimate of drug-likeness (QED) is 0.578. The number of nitrogens with zero attached hydrogens (tertiary/aromatic N) is 3. The molecule has 0 aliphatic carbocycles. The summed E-state index contributed by atoms with van der Waals surface area (Å²) < 4.78 is 13.0. The minimum atomic E-state index is -0.196. The largest absolute Gasteiger partial charge is 0.454 e. The van der Waals surface area contributed by atoms with E-state index in [9.17, 15) is 9.90 Å². The zero-order valence-electron chi connectivity index (χ0n) is 18.7. The van der Waals surface area contributed by atoms with Gasteiger partial charge in [-0.15, -0.1) is 0 Å². The molecule has 3 aromatic rings. The van der Waals surface area contributed by atoms with E-state index >= 15 is 0 Å². The smallest absolute Gasteiger partial charge is 0.272 e. The fraction of sp³-hybridized carbons (Fsp3) is 0.360. The summed E-state index contributed by atoms with van der Waals surface area (Å²) in [4.78, 5) is 15.5. The second-order valence-electron chi connectivity index (χ2n) is 8.44. The third kappa shape index (κ3) is 4.31. The van der Waals surface area contributed by atoms with Crippen molar-refractivity contribution in [3.63, 3.8) is 0 Å². The van der Waals surface area contributed by atoms with Gasteiger partial charge in [0.05, 0.1) is 19.2 Å². The minimum Gasteiger partial charge on any atom is -0.454 e. The van der Waals surface area contributed by atoms with Gasteiger partial charge in [0.2, 0.25) is 6.79 Å². The standard InChI is InChI=1S/C25H28N4O4/c1-17(18-6-3-2-4-7-18)26-25(31)23-20-15-28(11-10-21(20)29(27-23)12-13-30)14-19-8-5-9-22-24(19)33-16-32-22/h2-9,17,30H,10-16H2,1H3,(H,26,31)/t17-/m1/s1. The van der Waals surface area contributed by atoms with Gasteiger partial charge in [0.1, 0.15) is 0 Å². The number of aliphatic hydroxyl groups excluding tert-OH is 1. The van der Waals surface area contributed by atoms with Gasteiger partial charge in [-0.05, 0) is 18.6 Å².